The molecule has 1 unspecified atom stereocenters. The van der Waals surface area contributed by atoms with Crippen LogP contribution in [0.25, 0.3) is 0 Å². The molecule has 2 nitrogen and oxygen atoms in total. The van der Waals surface area contributed by atoms with Gasteiger partial charge >= 0.3 is 0 Å². The quantitative estimate of drug-likeness (QED) is 0.857. The van der Waals surface area contributed by atoms with E-state index in [0.29, 0.717) is 6.04 Å². The van der Waals surface area contributed by atoms with E-state index in [1.807, 2.05) is 0 Å². The summed E-state index contributed by atoms with van der Waals surface area (Å²) in [6, 6.07) is 10.3. The standard InChI is InChI=1S/C18H27BrN2/c1-14(21-9-3-2-4-10-21)13-20-18-11-16(12-18)15-5-7-17(19)8-6-15/h5-8,14,16,18,20H,2-4,9-13H2,1H3. The minimum atomic E-state index is 0.692. The number of halogens is 1. The first-order valence-electron chi connectivity index (χ1n) is 8.45. The fraction of sp³-hybridized carbons (Fsp3) is 0.667. The van der Waals surface area contributed by atoms with Crippen LogP contribution in [0.4, 0.5) is 0 Å². The van der Waals surface area contributed by atoms with Crippen molar-refractivity contribution in [2.75, 3.05) is 19.6 Å². The molecule has 2 fully saturated rings. The summed E-state index contributed by atoms with van der Waals surface area (Å²) in [5.74, 6) is 0.765. The lowest BCUT2D eigenvalue weighted by atomic mass is 9.76. The van der Waals surface area contributed by atoms with Gasteiger partial charge in [-0.1, -0.05) is 34.5 Å². The number of nitrogens with zero attached hydrogens (tertiary/aromatic N) is 1. The van der Waals surface area contributed by atoms with Gasteiger partial charge in [-0.05, 0) is 69.3 Å². The summed E-state index contributed by atoms with van der Waals surface area (Å²) >= 11 is 3.51. The molecule has 1 aromatic carbocycles. The lowest BCUT2D eigenvalue weighted by molar-refractivity contribution is 0.160. The van der Waals surface area contributed by atoms with Gasteiger partial charge in [0.25, 0.3) is 0 Å². The SMILES string of the molecule is CC(CNC1CC(c2ccc(Br)cc2)C1)N1CCCCC1. The van der Waals surface area contributed by atoms with E-state index in [2.05, 4.69) is 57.3 Å². The Hall–Kier alpha value is -0.380. The first-order valence-corrected chi connectivity index (χ1v) is 9.24. The Morgan fingerprint density at radius 1 is 1.14 bits per heavy atom. The summed E-state index contributed by atoms with van der Waals surface area (Å²) in [5.41, 5.74) is 1.50. The molecule has 1 N–H and O–H groups in total. The zero-order chi connectivity index (χ0) is 14.7. The summed E-state index contributed by atoms with van der Waals surface area (Å²) in [6.07, 6.45) is 6.80. The van der Waals surface area contributed by atoms with Crippen molar-refractivity contribution in [2.45, 2.75) is 57.0 Å². The molecule has 1 saturated heterocycles. The Morgan fingerprint density at radius 3 is 2.48 bits per heavy atom. The van der Waals surface area contributed by atoms with Crippen LogP contribution in [-0.2, 0) is 0 Å². The third kappa shape index (κ3) is 4.08. The van der Waals surface area contributed by atoms with Gasteiger partial charge in [-0.2, -0.15) is 0 Å². The molecule has 3 rings (SSSR count). The minimum Gasteiger partial charge on any atom is -0.312 e. The Kier molecular flexibility index (Phi) is 5.36. The predicted molar refractivity (Wildman–Crippen MR) is 92.8 cm³/mol. The Labute approximate surface area is 137 Å². The van der Waals surface area contributed by atoms with E-state index in [4.69, 9.17) is 0 Å². The van der Waals surface area contributed by atoms with Crippen molar-refractivity contribution in [3.8, 4) is 0 Å². The maximum absolute atomic E-state index is 3.78. The lowest BCUT2D eigenvalue weighted by Gasteiger charge is -2.39. The molecule has 0 amide bonds. The van der Waals surface area contributed by atoms with Crippen molar-refractivity contribution in [1.82, 2.24) is 10.2 Å². The van der Waals surface area contributed by atoms with Crippen LogP contribution in [0.2, 0.25) is 0 Å². The van der Waals surface area contributed by atoms with E-state index >= 15 is 0 Å². The van der Waals surface area contributed by atoms with E-state index in [1.165, 1.54) is 55.2 Å². The molecule has 1 aliphatic heterocycles. The van der Waals surface area contributed by atoms with Crippen LogP contribution in [0, 0.1) is 0 Å². The highest BCUT2D eigenvalue weighted by Crippen LogP contribution is 2.37. The molecule has 1 aliphatic carbocycles. The van der Waals surface area contributed by atoms with Crippen molar-refractivity contribution >= 4 is 15.9 Å². The average Bonchev–Trinajstić information content (AvgIpc) is 2.48. The van der Waals surface area contributed by atoms with Crippen molar-refractivity contribution in [3.05, 3.63) is 34.3 Å². The van der Waals surface area contributed by atoms with Crippen molar-refractivity contribution in [1.29, 1.82) is 0 Å². The monoisotopic (exact) mass is 350 g/mol. The average molecular weight is 351 g/mol. The molecule has 0 radical (unpaired) electrons. The van der Waals surface area contributed by atoms with Crippen LogP contribution in [0.15, 0.2) is 28.7 Å². The molecule has 21 heavy (non-hydrogen) atoms. The maximum Gasteiger partial charge on any atom is 0.0192 e. The van der Waals surface area contributed by atoms with Gasteiger partial charge in [-0.25, -0.2) is 0 Å². The number of benzene rings is 1. The van der Waals surface area contributed by atoms with Gasteiger partial charge in [-0.15, -0.1) is 0 Å². The largest absolute Gasteiger partial charge is 0.312 e. The third-order valence-corrected chi connectivity index (χ3v) is 5.72. The molecule has 116 valence electrons. The molecular formula is C18H27BrN2. The van der Waals surface area contributed by atoms with Gasteiger partial charge in [0.05, 0.1) is 0 Å². The summed E-state index contributed by atoms with van der Waals surface area (Å²) in [5, 5.41) is 3.78. The molecule has 2 aliphatic rings. The number of nitrogens with one attached hydrogen (secondary N) is 1. The fourth-order valence-corrected chi connectivity index (χ4v) is 3.88. The van der Waals surface area contributed by atoms with Crippen molar-refractivity contribution in [2.24, 2.45) is 0 Å². The predicted octanol–water partition coefficient (Wildman–Crippen LogP) is 4.16. The van der Waals surface area contributed by atoms with Crippen LogP contribution in [0.1, 0.15) is 50.5 Å². The lowest BCUT2D eigenvalue weighted by Crippen LogP contribution is -2.48. The van der Waals surface area contributed by atoms with Crippen molar-refractivity contribution in [3.63, 3.8) is 0 Å². The molecule has 3 heteroatoms. The molecule has 0 aromatic heterocycles. The summed E-state index contributed by atoms with van der Waals surface area (Å²) in [7, 11) is 0. The van der Waals surface area contributed by atoms with E-state index in [-0.39, 0.29) is 0 Å². The smallest absolute Gasteiger partial charge is 0.0192 e. The number of piperidine rings is 1. The summed E-state index contributed by atoms with van der Waals surface area (Å²) in [6.45, 7) is 6.13. The Morgan fingerprint density at radius 2 is 1.81 bits per heavy atom. The molecule has 0 bridgehead atoms. The van der Waals surface area contributed by atoms with E-state index in [0.717, 1.165) is 18.5 Å². The highest BCUT2D eigenvalue weighted by atomic mass is 79.9. The summed E-state index contributed by atoms with van der Waals surface area (Å²) < 4.78 is 1.18. The van der Waals surface area contributed by atoms with Gasteiger partial charge in [0.15, 0.2) is 0 Å². The number of hydrogen-bond donors (Lipinski definition) is 1. The van der Waals surface area contributed by atoms with Crippen LogP contribution >= 0.6 is 15.9 Å². The highest BCUT2D eigenvalue weighted by Gasteiger charge is 2.30. The number of hydrogen-bond acceptors (Lipinski definition) is 2. The first-order chi connectivity index (χ1) is 10.2. The van der Waals surface area contributed by atoms with Gasteiger partial charge in [0.1, 0.15) is 0 Å². The zero-order valence-electron chi connectivity index (χ0n) is 13.0. The molecule has 1 saturated carbocycles. The van der Waals surface area contributed by atoms with Gasteiger partial charge < -0.3 is 5.32 Å². The van der Waals surface area contributed by atoms with Crippen LogP contribution in [0.5, 0.6) is 0 Å². The van der Waals surface area contributed by atoms with Gasteiger partial charge in [0.2, 0.25) is 0 Å². The molecule has 1 atom stereocenters. The second-order valence-corrected chi connectivity index (χ2v) is 7.69. The van der Waals surface area contributed by atoms with E-state index < -0.39 is 0 Å². The maximum atomic E-state index is 3.78. The molecule has 1 aromatic rings. The van der Waals surface area contributed by atoms with Gasteiger partial charge in [0, 0.05) is 23.1 Å². The van der Waals surface area contributed by atoms with E-state index in [1.54, 1.807) is 0 Å². The topological polar surface area (TPSA) is 15.3 Å². The second-order valence-electron chi connectivity index (χ2n) is 6.77. The van der Waals surface area contributed by atoms with Crippen LogP contribution < -0.4 is 5.32 Å². The van der Waals surface area contributed by atoms with E-state index in [9.17, 15) is 0 Å². The zero-order valence-corrected chi connectivity index (χ0v) is 14.6. The Bertz CT molecular complexity index is 433. The molecular weight excluding hydrogens is 324 g/mol. The minimum absolute atomic E-state index is 0.692. The summed E-state index contributed by atoms with van der Waals surface area (Å²) in [4.78, 5) is 2.65. The molecule has 0 spiro atoms. The van der Waals surface area contributed by atoms with Crippen LogP contribution in [0.3, 0.4) is 0 Å². The van der Waals surface area contributed by atoms with Gasteiger partial charge in [-0.3, -0.25) is 4.90 Å². The Balaban J connectivity index is 1.37. The fourth-order valence-electron chi connectivity index (χ4n) is 3.62. The van der Waals surface area contributed by atoms with Crippen LogP contribution in [-0.4, -0.2) is 36.6 Å². The second kappa shape index (κ2) is 7.26. The number of likely N-dealkylation sites (tertiary alicyclic amines) is 1. The molecule has 1 heterocycles. The number of rotatable bonds is 5. The third-order valence-electron chi connectivity index (χ3n) is 5.20. The highest BCUT2D eigenvalue weighted by molar-refractivity contribution is 9.10. The normalized spacial score (nSPS) is 28.1. The van der Waals surface area contributed by atoms with Crippen molar-refractivity contribution < 1.29 is 0 Å². The first kappa shape index (κ1) is 15.5.